The first kappa shape index (κ1) is 19.4. The van der Waals surface area contributed by atoms with E-state index in [1.54, 1.807) is 21.7 Å². The Kier molecular flexibility index (Phi) is 5.28. The summed E-state index contributed by atoms with van der Waals surface area (Å²) in [5.74, 6) is -0.0466. The van der Waals surface area contributed by atoms with E-state index in [1.165, 1.54) is 6.26 Å². The van der Waals surface area contributed by atoms with Gasteiger partial charge in [-0.15, -0.1) is 0 Å². The van der Waals surface area contributed by atoms with E-state index in [2.05, 4.69) is 10.00 Å². The third-order valence-electron chi connectivity index (χ3n) is 5.30. The Morgan fingerprint density at radius 3 is 2.26 bits per heavy atom. The normalized spacial score (nSPS) is 15.8. The van der Waals surface area contributed by atoms with Crippen LogP contribution in [-0.4, -0.2) is 61.4 Å². The van der Waals surface area contributed by atoms with Crippen LogP contribution in [-0.2, 0) is 16.9 Å². The van der Waals surface area contributed by atoms with Gasteiger partial charge < -0.3 is 9.80 Å². The van der Waals surface area contributed by atoms with E-state index in [1.807, 2.05) is 39.2 Å². The molecule has 0 radical (unpaired) electrons. The van der Waals surface area contributed by atoms with E-state index < -0.39 is 9.84 Å². The number of hydrogen-bond donors (Lipinski definition) is 0. The van der Waals surface area contributed by atoms with Crippen LogP contribution in [0.5, 0.6) is 0 Å². The summed E-state index contributed by atoms with van der Waals surface area (Å²) in [6.45, 7) is 3.57. The summed E-state index contributed by atoms with van der Waals surface area (Å²) in [6, 6.07) is 8.99. The van der Waals surface area contributed by atoms with Crippen LogP contribution in [0.15, 0.2) is 35.2 Å². The van der Waals surface area contributed by atoms with Gasteiger partial charge in [-0.05, 0) is 50.1 Å². The van der Waals surface area contributed by atoms with Gasteiger partial charge in [0, 0.05) is 50.9 Å². The third-order valence-corrected chi connectivity index (χ3v) is 6.42. The SMILES string of the molecule is Cc1cc(C(=O)N(C)C2CCN(c3ccc(S(C)(=O)=O)cc3)CC2)nn1C. The molecule has 0 atom stereocenters. The van der Waals surface area contributed by atoms with Crippen molar-refractivity contribution < 1.29 is 13.2 Å². The highest BCUT2D eigenvalue weighted by Gasteiger charge is 2.27. The zero-order chi connectivity index (χ0) is 19.8. The van der Waals surface area contributed by atoms with Gasteiger partial charge in [0.1, 0.15) is 0 Å². The van der Waals surface area contributed by atoms with Gasteiger partial charge in [-0.2, -0.15) is 5.10 Å². The fourth-order valence-corrected chi connectivity index (χ4v) is 4.06. The van der Waals surface area contributed by atoms with Crippen molar-refractivity contribution >= 4 is 21.4 Å². The Labute approximate surface area is 160 Å². The highest BCUT2D eigenvalue weighted by Crippen LogP contribution is 2.24. The maximum absolute atomic E-state index is 12.7. The van der Waals surface area contributed by atoms with Crippen molar-refractivity contribution in [2.24, 2.45) is 7.05 Å². The first-order chi connectivity index (χ1) is 12.7. The number of piperidine rings is 1. The molecule has 2 heterocycles. The summed E-state index contributed by atoms with van der Waals surface area (Å²) < 4.78 is 24.9. The number of aromatic nitrogens is 2. The van der Waals surface area contributed by atoms with Gasteiger partial charge in [-0.25, -0.2) is 8.42 Å². The Morgan fingerprint density at radius 2 is 1.78 bits per heavy atom. The molecule has 27 heavy (non-hydrogen) atoms. The van der Waals surface area contributed by atoms with Crippen molar-refractivity contribution in [1.82, 2.24) is 14.7 Å². The molecule has 2 aromatic rings. The number of aryl methyl sites for hydroxylation is 2. The quantitative estimate of drug-likeness (QED) is 0.797. The molecule has 0 bridgehead atoms. The van der Waals surface area contributed by atoms with Crippen LogP contribution in [0.1, 0.15) is 29.0 Å². The summed E-state index contributed by atoms with van der Waals surface area (Å²) in [5, 5.41) is 4.28. The van der Waals surface area contributed by atoms with E-state index in [0.29, 0.717) is 10.6 Å². The molecular weight excluding hydrogens is 364 g/mol. The average Bonchev–Trinajstić information content (AvgIpc) is 2.99. The molecule has 146 valence electrons. The largest absolute Gasteiger partial charge is 0.371 e. The molecule has 1 saturated heterocycles. The lowest BCUT2D eigenvalue weighted by atomic mass is 10.0. The van der Waals surface area contributed by atoms with Crippen LogP contribution in [0.3, 0.4) is 0 Å². The minimum Gasteiger partial charge on any atom is -0.371 e. The van der Waals surface area contributed by atoms with Crippen LogP contribution in [0.25, 0.3) is 0 Å². The molecule has 3 rings (SSSR count). The Balaban J connectivity index is 1.62. The van der Waals surface area contributed by atoms with Gasteiger partial charge in [-0.3, -0.25) is 9.48 Å². The molecule has 0 unspecified atom stereocenters. The zero-order valence-electron chi connectivity index (χ0n) is 16.2. The number of carbonyl (C=O) groups excluding carboxylic acids is 1. The summed E-state index contributed by atoms with van der Waals surface area (Å²) in [6.07, 6.45) is 2.94. The van der Waals surface area contributed by atoms with Crippen molar-refractivity contribution in [2.75, 3.05) is 31.3 Å². The van der Waals surface area contributed by atoms with E-state index >= 15 is 0 Å². The second-order valence-corrected chi connectivity index (χ2v) is 9.21. The molecule has 0 N–H and O–H groups in total. The highest BCUT2D eigenvalue weighted by atomic mass is 32.2. The van der Waals surface area contributed by atoms with Crippen molar-refractivity contribution in [3.8, 4) is 0 Å². The van der Waals surface area contributed by atoms with Crippen molar-refractivity contribution in [3.63, 3.8) is 0 Å². The molecular formula is C19H26N4O3S. The lowest BCUT2D eigenvalue weighted by Crippen LogP contribution is -2.45. The topological polar surface area (TPSA) is 75.5 Å². The highest BCUT2D eigenvalue weighted by molar-refractivity contribution is 7.90. The fraction of sp³-hybridized carbons (Fsp3) is 0.474. The summed E-state index contributed by atoms with van der Waals surface area (Å²) in [7, 11) is 0.496. The molecule has 1 aliphatic heterocycles. The molecule has 0 aliphatic carbocycles. The van der Waals surface area contributed by atoms with Gasteiger partial charge in [-0.1, -0.05) is 0 Å². The zero-order valence-corrected chi connectivity index (χ0v) is 17.0. The van der Waals surface area contributed by atoms with Crippen LogP contribution >= 0.6 is 0 Å². The lowest BCUT2D eigenvalue weighted by molar-refractivity contribution is 0.0702. The Bertz CT molecular complexity index is 907. The first-order valence-electron chi connectivity index (χ1n) is 8.99. The Hall–Kier alpha value is -2.35. The number of hydrogen-bond acceptors (Lipinski definition) is 5. The fourth-order valence-electron chi connectivity index (χ4n) is 3.43. The molecule has 0 spiro atoms. The molecule has 7 nitrogen and oxygen atoms in total. The number of benzene rings is 1. The van der Waals surface area contributed by atoms with E-state index in [0.717, 1.165) is 37.3 Å². The number of anilines is 1. The minimum atomic E-state index is -3.18. The smallest absolute Gasteiger partial charge is 0.274 e. The monoisotopic (exact) mass is 390 g/mol. The van der Waals surface area contributed by atoms with Crippen molar-refractivity contribution in [2.45, 2.75) is 30.7 Å². The maximum Gasteiger partial charge on any atom is 0.274 e. The van der Waals surface area contributed by atoms with Gasteiger partial charge >= 0.3 is 0 Å². The molecule has 8 heteroatoms. The molecule has 1 amide bonds. The second-order valence-electron chi connectivity index (χ2n) is 7.19. The van der Waals surface area contributed by atoms with Crippen molar-refractivity contribution in [3.05, 3.63) is 41.7 Å². The molecule has 1 aromatic carbocycles. The van der Waals surface area contributed by atoms with Gasteiger partial charge in [0.25, 0.3) is 5.91 Å². The molecule has 1 aromatic heterocycles. The lowest BCUT2D eigenvalue weighted by Gasteiger charge is -2.37. The standard InChI is InChI=1S/C19H26N4O3S/c1-14-13-18(20-22(14)3)19(24)21(2)15-9-11-23(12-10-15)16-5-7-17(8-6-16)27(4,25)26/h5-8,13,15H,9-12H2,1-4H3. The minimum absolute atomic E-state index is 0.0466. The van der Waals surface area contributed by atoms with Crippen LogP contribution < -0.4 is 4.90 Å². The summed E-state index contributed by atoms with van der Waals surface area (Å²) in [4.78, 5) is 17.0. The van der Waals surface area contributed by atoms with Crippen molar-refractivity contribution in [1.29, 1.82) is 0 Å². The van der Waals surface area contributed by atoms with E-state index in [9.17, 15) is 13.2 Å². The van der Waals surface area contributed by atoms with Gasteiger partial charge in [0.15, 0.2) is 15.5 Å². The number of amides is 1. The van der Waals surface area contributed by atoms with Crippen LogP contribution in [0.2, 0.25) is 0 Å². The number of carbonyl (C=O) groups is 1. The molecule has 1 fully saturated rings. The van der Waals surface area contributed by atoms with E-state index in [4.69, 9.17) is 0 Å². The van der Waals surface area contributed by atoms with Gasteiger partial charge in [0.2, 0.25) is 0 Å². The third kappa shape index (κ3) is 4.16. The van der Waals surface area contributed by atoms with E-state index in [-0.39, 0.29) is 11.9 Å². The summed E-state index contributed by atoms with van der Waals surface area (Å²) >= 11 is 0. The first-order valence-corrected chi connectivity index (χ1v) is 10.9. The Morgan fingerprint density at radius 1 is 1.19 bits per heavy atom. The van der Waals surface area contributed by atoms with Crippen LogP contribution in [0.4, 0.5) is 5.69 Å². The number of rotatable bonds is 4. The van der Waals surface area contributed by atoms with Gasteiger partial charge in [0.05, 0.1) is 4.90 Å². The second kappa shape index (κ2) is 7.34. The average molecular weight is 391 g/mol. The van der Waals surface area contributed by atoms with Crippen LogP contribution in [0, 0.1) is 6.92 Å². The summed E-state index contributed by atoms with van der Waals surface area (Å²) in [5.41, 5.74) is 2.45. The number of sulfone groups is 1. The molecule has 1 aliphatic rings. The predicted octanol–water partition coefficient (Wildman–Crippen LogP) is 1.87. The number of nitrogens with zero attached hydrogens (tertiary/aromatic N) is 4. The maximum atomic E-state index is 12.7. The predicted molar refractivity (Wildman–Crippen MR) is 105 cm³/mol. The molecule has 0 saturated carbocycles.